The van der Waals surface area contributed by atoms with Crippen molar-refractivity contribution < 1.29 is 32.6 Å². The number of fused-ring (bicyclic) bond motifs is 1. The molecule has 0 spiro atoms. The summed E-state index contributed by atoms with van der Waals surface area (Å²) >= 11 is 0. The largest absolute Gasteiger partial charge is 0.490 e. The quantitative estimate of drug-likeness (QED) is 0.645. The zero-order valence-electron chi connectivity index (χ0n) is 13.8. The number of hydrogen-bond acceptors (Lipinski definition) is 6. The lowest BCUT2D eigenvalue weighted by Crippen LogP contribution is -2.49. The van der Waals surface area contributed by atoms with Gasteiger partial charge in [-0.1, -0.05) is 0 Å². The Morgan fingerprint density at radius 3 is 2.40 bits per heavy atom. The van der Waals surface area contributed by atoms with Crippen molar-refractivity contribution in [1.82, 2.24) is 10.0 Å². The van der Waals surface area contributed by atoms with Crippen LogP contribution in [0.5, 0.6) is 11.5 Å². The molecule has 1 aromatic rings. The molecule has 0 aromatic heterocycles. The number of sulfonamides is 1. The molecule has 0 radical (unpaired) electrons. The van der Waals surface area contributed by atoms with E-state index in [4.69, 9.17) is 14.6 Å². The standard InChI is InChI=1S/C15H20N2O7S/c1-9(14(18)16-10(2)15(19)20)17-25(21,22)11-4-5-12-13(8-11)24-7-3-6-23-12/h4-5,8-10,17H,3,6-7H2,1-2H3,(H,16,18)(H,19,20)/t9?,10-/m1/s1. The number of nitrogens with one attached hydrogen (secondary N) is 2. The van der Waals surface area contributed by atoms with Crippen molar-refractivity contribution in [2.24, 2.45) is 0 Å². The fraction of sp³-hybridized carbons (Fsp3) is 0.467. The van der Waals surface area contributed by atoms with E-state index in [0.29, 0.717) is 31.1 Å². The molecular formula is C15H20N2O7S. The van der Waals surface area contributed by atoms with Gasteiger partial charge in [0.05, 0.1) is 24.2 Å². The molecule has 2 atom stereocenters. The van der Waals surface area contributed by atoms with Gasteiger partial charge < -0.3 is 19.9 Å². The highest BCUT2D eigenvalue weighted by atomic mass is 32.2. The molecule has 138 valence electrons. The maximum absolute atomic E-state index is 12.4. The number of benzene rings is 1. The van der Waals surface area contributed by atoms with E-state index in [2.05, 4.69) is 10.0 Å². The Labute approximate surface area is 145 Å². The smallest absolute Gasteiger partial charge is 0.325 e. The second kappa shape index (κ2) is 7.70. The molecule has 1 aromatic carbocycles. The van der Waals surface area contributed by atoms with Crippen LogP contribution in [0.1, 0.15) is 20.3 Å². The van der Waals surface area contributed by atoms with Crippen LogP contribution >= 0.6 is 0 Å². The van der Waals surface area contributed by atoms with Crippen LogP contribution < -0.4 is 19.5 Å². The van der Waals surface area contributed by atoms with Gasteiger partial charge >= 0.3 is 5.97 Å². The van der Waals surface area contributed by atoms with Crippen LogP contribution in [0.25, 0.3) is 0 Å². The van der Waals surface area contributed by atoms with E-state index < -0.39 is 34.0 Å². The topological polar surface area (TPSA) is 131 Å². The minimum Gasteiger partial charge on any atom is -0.490 e. The number of carbonyl (C=O) groups excluding carboxylic acids is 1. The van der Waals surface area contributed by atoms with Gasteiger partial charge in [-0.2, -0.15) is 4.72 Å². The van der Waals surface area contributed by atoms with Crippen molar-refractivity contribution >= 4 is 21.9 Å². The summed E-state index contributed by atoms with van der Waals surface area (Å²) in [4.78, 5) is 22.6. The molecule has 10 heteroatoms. The monoisotopic (exact) mass is 372 g/mol. The SMILES string of the molecule is CC(NS(=O)(=O)c1ccc2c(c1)OCCCO2)C(=O)N[C@H](C)C(=O)O. The molecule has 9 nitrogen and oxygen atoms in total. The maximum atomic E-state index is 12.4. The highest BCUT2D eigenvalue weighted by Crippen LogP contribution is 2.31. The first kappa shape index (κ1) is 19.0. The van der Waals surface area contributed by atoms with Gasteiger partial charge in [0.15, 0.2) is 11.5 Å². The third kappa shape index (κ3) is 4.83. The summed E-state index contributed by atoms with van der Waals surface area (Å²) in [5.74, 6) is -1.19. The summed E-state index contributed by atoms with van der Waals surface area (Å²) in [6.45, 7) is 3.50. The normalized spacial score (nSPS) is 16.4. The van der Waals surface area contributed by atoms with E-state index in [9.17, 15) is 18.0 Å². The van der Waals surface area contributed by atoms with Crippen LogP contribution in [0.4, 0.5) is 0 Å². The van der Waals surface area contributed by atoms with Crippen molar-refractivity contribution in [3.8, 4) is 11.5 Å². The second-order valence-corrected chi connectivity index (χ2v) is 7.28. The first-order chi connectivity index (χ1) is 11.7. The molecule has 3 N–H and O–H groups in total. The Morgan fingerprint density at radius 2 is 1.76 bits per heavy atom. The molecule has 1 heterocycles. The van der Waals surface area contributed by atoms with Gasteiger partial charge in [0, 0.05) is 12.5 Å². The Hall–Kier alpha value is -2.33. The van der Waals surface area contributed by atoms with E-state index >= 15 is 0 Å². The van der Waals surface area contributed by atoms with Crippen LogP contribution in [-0.2, 0) is 19.6 Å². The second-order valence-electron chi connectivity index (χ2n) is 5.57. The molecule has 0 aliphatic carbocycles. The van der Waals surface area contributed by atoms with Gasteiger partial charge in [0.2, 0.25) is 15.9 Å². The first-order valence-electron chi connectivity index (χ1n) is 7.66. The van der Waals surface area contributed by atoms with Crippen LogP contribution in [-0.4, -0.2) is 50.7 Å². The molecule has 1 aliphatic heterocycles. The van der Waals surface area contributed by atoms with Crippen molar-refractivity contribution in [2.75, 3.05) is 13.2 Å². The summed E-state index contributed by atoms with van der Waals surface area (Å²) in [6.07, 6.45) is 0.688. The highest BCUT2D eigenvalue weighted by molar-refractivity contribution is 7.89. The van der Waals surface area contributed by atoms with Gasteiger partial charge in [-0.3, -0.25) is 9.59 Å². The molecule has 1 aliphatic rings. The number of rotatable bonds is 6. The van der Waals surface area contributed by atoms with Gasteiger partial charge in [0.1, 0.15) is 6.04 Å². The Kier molecular flexibility index (Phi) is 5.85. The number of aliphatic carboxylic acids is 1. The summed E-state index contributed by atoms with van der Waals surface area (Å²) in [6, 6.07) is 1.89. The molecule has 2 rings (SSSR count). The number of hydrogen-bond donors (Lipinski definition) is 3. The molecule has 1 unspecified atom stereocenters. The average molecular weight is 372 g/mol. The summed E-state index contributed by atoms with van der Waals surface area (Å²) in [7, 11) is -4.00. The molecule has 0 saturated heterocycles. The zero-order chi connectivity index (χ0) is 18.6. The van der Waals surface area contributed by atoms with E-state index in [1.54, 1.807) is 0 Å². The van der Waals surface area contributed by atoms with Crippen molar-refractivity contribution in [3.63, 3.8) is 0 Å². The third-order valence-electron chi connectivity index (χ3n) is 3.48. The summed E-state index contributed by atoms with van der Waals surface area (Å²) in [5, 5.41) is 11.0. The predicted octanol–water partition coefficient (Wildman–Crippen LogP) is 0.104. The molecule has 0 bridgehead atoms. The number of amides is 1. The van der Waals surface area contributed by atoms with Crippen LogP contribution in [0.15, 0.2) is 23.1 Å². The number of carboxylic acids is 1. The van der Waals surface area contributed by atoms with Crippen LogP contribution in [0.3, 0.4) is 0 Å². The molecule has 25 heavy (non-hydrogen) atoms. The van der Waals surface area contributed by atoms with Gasteiger partial charge in [-0.05, 0) is 26.0 Å². The Morgan fingerprint density at radius 1 is 1.12 bits per heavy atom. The Bertz CT molecular complexity index is 763. The van der Waals surface area contributed by atoms with E-state index in [0.717, 1.165) is 0 Å². The predicted molar refractivity (Wildman–Crippen MR) is 87.1 cm³/mol. The molecule has 0 saturated carbocycles. The summed E-state index contributed by atoms with van der Waals surface area (Å²) in [5.41, 5.74) is 0. The lowest BCUT2D eigenvalue weighted by molar-refractivity contribution is -0.141. The molecule has 0 fully saturated rings. The van der Waals surface area contributed by atoms with E-state index in [1.165, 1.54) is 32.0 Å². The van der Waals surface area contributed by atoms with Gasteiger partial charge in [-0.15, -0.1) is 0 Å². The van der Waals surface area contributed by atoms with E-state index in [1.807, 2.05) is 0 Å². The van der Waals surface area contributed by atoms with Crippen LogP contribution in [0.2, 0.25) is 0 Å². The number of ether oxygens (including phenoxy) is 2. The first-order valence-corrected chi connectivity index (χ1v) is 9.14. The van der Waals surface area contributed by atoms with Gasteiger partial charge in [-0.25, -0.2) is 8.42 Å². The number of carbonyl (C=O) groups is 2. The van der Waals surface area contributed by atoms with Crippen molar-refractivity contribution in [1.29, 1.82) is 0 Å². The maximum Gasteiger partial charge on any atom is 0.325 e. The van der Waals surface area contributed by atoms with Crippen molar-refractivity contribution in [2.45, 2.75) is 37.2 Å². The fourth-order valence-electron chi connectivity index (χ4n) is 2.07. The van der Waals surface area contributed by atoms with E-state index in [-0.39, 0.29) is 4.90 Å². The van der Waals surface area contributed by atoms with Gasteiger partial charge in [0.25, 0.3) is 0 Å². The fourth-order valence-corrected chi connectivity index (χ4v) is 3.28. The minimum absolute atomic E-state index is 0.0808. The third-order valence-corrected chi connectivity index (χ3v) is 5.02. The van der Waals surface area contributed by atoms with Crippen LogP contribution in [0, 0.1) is 0 Å². The highest BCUT2D eigenvalue weighted by Gasteiger charge is 2.25. The summed E-state index contributed by atoms with van der Waals surface area (Å²) < 4.78 is 38.0. The average Bonchev–Trinajstić information content (AvgIpc) is 2.78. The lowest BCUT2D eigenvalue weighted by Gasteiger charge is -2.17. The molecular weight excluding hydrogens is 352 g/mol. The Balaban J connectivity index is 2.12. The van der Waals surface area contributed by atoms with Crippen molar-refractivity contribution in [3.05, 3.63) is 18.2 Å². The number of carboxylic acid groups (broad SMARTS) is 1. The molecule has 1 amide bonds. The minimum atomic E-state index is -4.00. The lowest BCUT2D eigenvalue weighted by atomic mass is 10.3. The zero-order valence-corrected chi connectivity index (χ0v) is 14.6.